The van der Waals surface area contributed by atoms with Crippen molar-refractivity contribution in [3.8, 4) is 0 Å². The van der Waals surface area contributed by atoms with Crippen molar-refractivity contribution < 1.29 is 14.6 Å². The van der Waals surface area contributed by atoms with Crippen molar-refractivity contribution in [1.29, 1.82) is 0 Å². The third-order valence-corrected chi connectivity index (χ3v) is 4.31. The first-order valence-electron chi connectivity index (χ1n) is 11.0. The second kappa shape index (κ2) is 17.0. The lowest BCUT2D eigenvalue weighted by Crippen LogP contribution is -2.26. The summed E-state index contributed by atoms with van der Waals surface area (Å²) < 4.78 is 5.23. The zero-order valence-electron chi connectivity index (χ0n) is 18.3. The number of esters is 1. The van der Waals surface area contributed by atoms with Crippen molar-refractivity contribution in [1.82, 2.24) is 0 Å². The molecule has 0 saturated carbocycles. The van der Waals surface area contributed by atoms with E-state index in [-0.39, 0.29) is 12.4 Å². The van der Waals surface area contributed by atoms with E-state index in [1.54, 1.807) is 0 Å². The van der Waals surface area contributed by atoms with E-state index in [0.29, 0.717) is 6.42 Å². The summed E-state index contributed by atoms with van der Waals surface area (Å²) in [6.07, 6.45) is 22.5. The second-order valence-electron chi connectivity index (χ2n) is 8.46. The number of ether oxygens (including phenoxy) is 1. The Morgan fingerprint density at radius 1 is 0.889 bits per heavy atom. The third-order valence-electron chi connectivity index (χ3n) is 4.31. The highest BCUT2D eigenvalue weighted by Gasteiger charge is 2.18. The molecule has 0 aromatic rings. The predicted octanol–water partition coefficient (Wildman–Crippen LogP) is 6.89. The van der Waals surface area contributed by atoms with Gasteiger partial charge >= 0.3 is 5.97 Å². The summed E-state index contributed by atoms with van der Waals surface area (Å²) in [5.41, 5.74) is -0.476. The minimum Gasteiger partial charge on any atom is -0.460 e. The second-order valence-corrected chi connectivity index (χ2v) is 8.46. The largest absolute Gasteiger partial charge is 0.460 e. The summed E-state index contributed by atoms with van der Waals surface area (Å²) >= 11 is 0. The molecule has 0 amide bonds. The van der Waals surface area contributed by atoms with Gasteiger partial charge in [0.1, 0.15) is 5.60 Å². The van der Waals surface area contributed by atoms with Crippen LogP contribution in [0.1, 0.15) is 111 Å². The number of hydrogen-bond donors (Lipinski definition) is 1. The van der Waals surface area contributed by atoms with Gasteiger partial charge in [0.2, 0.25) is 0 Å². The number of carbonyl (C=O) groups is 1. The van der Waals surface area contributed by atoms with Gasteiger partial charge in [0.05, 0.1) is 12.5 Å². The van der Waals surface area contributed by atoms with Crippen LogP contribution in [-0.2, 0) is 9.53 Å². The van der Waals surface area contributed by atoms with Crippen molar-refractivity contribution in [2.45, 2.75) is 123 Å². The van der Waals surface area contributed by atoms with Gasteiger partial charge in [0.25, 0.3) is 0 Å². The number of rotatable bonds is 16. The van der Waals surface area contributed by atoms with Gasteiger partial charge in [-0.05, 0) is 59.3 Å². The first-order chi connectivity index (χ1) is 12.8. The highest BCUT2D eigenvalue weighted by molar-refractivity contribution is 5.70. The van der Waals surface area contributed by atoms with E-state index in [4.69, 9.17) is 4.74 Å². The van der Waals surface area contributed by atoms with Crippen LogP contribution in [0.15, 0.2) is 24.3 Å². The molecule has 0 rings (SSSR count). The summed E-state index contributed by atoms with van der Waals surface area (Å²) in [7, 11) is 0. The highest BCUT2D eigenvalue weighted by Crippen LogP contribution is 2.13. The van der Waals surface area contributed by atoms with Gasteiger partial charge in [0.15, 0.2) is 0 Å². The molecule has 0 saturated heterocycles. The Labute approximate surface area is 168 Å². The van der Waals surface area contributed by atoms with Crippen LogP contribution in [-0.4, -0.2) is 22.8 Å². The van der Waals surface area contributed by atoms with Crippen molar-refractivity contribution in [3.05, 3.63) is 24.3 Å². The minimum atomic E-state index is -0.571. The molecule has 27 heavy (non-hydrogen) atoms. The van der Waals surface area contributed by atoms with Crippen LogP contribution in [0.2, 0.25) is 0 Å². The molecule has 158 valence electrons. The molecule has 0 fully saturated rings. The Bertz CT molecular complexity index is 404. The molecule has 3 heteroatoms. The predicted molar refractivity (Wildman–Crippen MR) is 116 cm³/mol. The van der Waals surface area contributed by atoms with Crippen LogP contribution in [0.25, 0.3) is 0 Å². The van der Waals surface area contributed by atoms with E-state index in [9.17, 15) is 9.90 Å². The zero-order chi connectivity index (χ0) is 20.4. The smallest absolute Gasteiger partial charge is 0.308 e. The fraction of sp³-hybridized carbons (Fsp3) is 0.792. The average Bonchev–Trinajstić information content (AvgIpc) is 2.56. The Kier molecular flexibility index (Phi) is 16.4. The SMILES string of the molecule is CCCCCC=CCC=CCCCCCCCC(O)CC(=O)OC(C)(C)C. The van der Waals surface area contributed by atoms with Crippen molar-refractivity contribution >= 4 is 5.97 Å². The molecule has 0 aromatic carbocycles. The maximum atomic E-state index is 11.6. The Balaban J connectivity index is 3.44. The molecule has 1 N–H and O–H groups in total. The number of unbranched alkanes of at least 4 members (excludes halogenated alkanes) is 8. The molecule has 0 aliphatic carbocycles. The quantitative estimate of drug-likeness (QED) is 0.180. The first kappa shape index (κ1) is 25.9. The lowest BCUT2D eigenvalue weighted by Gasteiger charge is -2.20. The third kappa shape index (κ3) is 21.1. The number of allylic oxidation sites excluding steroid dienone is 4. The standard InChI is InChI=1S/C24H44O3/c1-5-6-7-8-9-10-11-12-13-14-15-16-17-18-19-20-22(25)21-23(26)27-24(2,3)4/h9-10,12-13,22,25H,5-8,11,14-21H2,1-4H3. The summed E-state index contributed by atoms with van der Waals surface area (Å²) in [6, 6.07) is 0. The maximum Gasteiger partial charge on any atom is 0.308 e. The van der Waals surface area contributed by atoms with E-state index in [1.807, 2.05) is 20.8 Å². The summed E-state index contributed by atoms with van der Waals surface area (Å²) in [5.74, 6) is -0.308. The molecule has 0 heterocycles. The van der Waals surface area contributed by atoms with Crippen molar-refractivity contribution in [3.63, 3.8) is 0 Å². The molecule has 0 aromatic heterocycles. The molecule has 1 atom stereocenters. The summed E-state index contributed by atoms with van der Waals surface area (Å²) in [5, 5.41) is 9.90. The van der Waals surface area contributed by atoms with E-state index in [0.717, 1.165) is 25.7 Å². The number of aliphatic hydroxyl groups excluding tert-OH is 1. The van der Waals surface area contributed by atoms with Gasteiger partial charge in [-0.3, -0.25) is 4.79 Å². The highest BCUT2D eigenvalue weighted by atomic mass is 16.6. The number of carbonyl (C=O) groups excluding carboxylic acids is 1. The fourth-order valence-electron chi connectivity index (χ4n) is 2.87. The normalized spacial score (nSPS) is 13.5. The Hall–Kier alpha value is -1.09. The maximum absolute atomic E-state index is 11.6. The van der Waals surface area contributed by atoms with Gasteiger partial charge in [0, 0.05) is 0 Å². The lowest BCUT2D eigenvalue weighted by molar-refractivity contribution is -0.157. The Morgan fingerprint density at radius 2 is 1.44 bits per heavy atom. The molecule has 1 unspecified atom stereocenters. The summed E-state index contributed by atoms with van der Waals surface area (Å²) in [4.78, 5) is 11.6. The monoisotopic (exact) mass is 380 g/mol. The van der Waals surface area contributed by atoms with Crippen LogP contribution < -0.4 is 0 Å². The zero-order valence-corrected chi connectivity index (χ0v) is 18.3. The lowest BCUT2D eigenvalue weighted by atomic mass is 10.1. The fourth-order valence-corrected chi connectivity index (χ4v) is 2.87. The van der Waals surface area contributed by atoms with Crippen LogP contribution in [0, 0.1) is 0 Å². The number of aliphatic hydroxyl groups is 1. The van der Waals surface area contributed by atoms with Crippen LogP contribution in [0.5, 0.6) is 0 Å². The average molecular weight is 381 g/mol. The van der Waals surface area contributed by atoms with Crippen molar-refractivity contribution in [2.24, 2.45) is 0 Å². The van der Waals surface area contributed by atoms with Gasteiger partial charge in [-0.1, -0.05) is 69.8 Å². The van der Waals surface area contributed by atoms with Crippen molar-refractivity contribution in [2.75, 3.05) is 0 Å². The van der Waals surface area contributed by atoms with E-state index in [1.165, 1.54) is 44.9 Å². The minimum absolute atomic E-state index is 0.106. The van der Waals surface area contributed by atoms with E-state index in [2.05, 4.69) is 31.2 Å². The van der Waals surface area contributed by atoms with Gasteiger partial charge in [-0.15, -0.1) is 0 Å². The van der Waals surface area contributed by atoms with Gasteiger partial charge in [-0.25, -0.2) is 0 Å². The molecule has 0 radical (unpaired) electrons. The topological polar surface area (TPSA) is 46.5 Å². The van der Waals surface area contributed by atoms with E-state index >= 15 is 0 Å². The Morgan fingerprint density at radius 3 is 2.04 bits per heavy atom. The molecule has 0 spiro atoms. The van der Waals surface area contributed by atoms with E-state index < -0.39 is 11.7 Å². The van der Waals surface area contributed by atoms with Gasteiger partial charge < -0.3 is 9.84 Å². The van der Waals surface area contributed by atoms with Crippen LogP contribution in [0.4, 0.5) is 0 Å². The first-order valence-corrected chi connectivity index (χ1v) is 11.0. The molecule has 3 nitrogen and oxygen atoms in total. The van der Waals surface area contributed by atoms with Crippen LogP contribution in [0.3, 0.4) is 0 Å². The van der Waals surface area contributed by atoms with Gasteiger partial charge in [-0.2, -0.15) is 0 Å². The summed E-state index contributed by atoms with van der Waals surface area (Å²) in [6.45, 7) is 7.77. The molecule has 0 aliphatic heterocycles. The molecule has 0 aliphatic rings. The molecular weight excluding hydrogens is 336 g/mol. The molecular formula is C24H44O3. The molecule has 0 bridgehead atoms. The number of hydrogen-bond acceptors (Lipinski definition) is 3. The van der Waals surface area contributed by atoms with Crippen LogP contribution >= 0.6 is 0 Å².